The van der Waals surface area contributed by atoms with Gasteiger partial charge in [0.05, 0.1) is 6.04 Å². The molecule has 2 aliphatic heterocycles. The van der Waals surface area contributed by atoms with Crippen LogP contribution in [0.1, 0.15) is 56.3 Å². The molecule has 0 aliphatic carbocycles. The maximum absolute atomic E-state index is 12.7. The molecule has 1 aromatic carbocycles. The number of carbonyl (C=O) groups is 2. The lowest BCUT2D eigenvalue weighted by Gasteiger charge is -2.30. The van der Waals surface area contributed by atoms with Gasteiger partial charge in [0, 0.05) is 31.8 Å². The van der Waals surface area contributed by atoms with Crippen LogP contribution in [0.25, 0.3) is 0 Å². The number of carbonyl (C=O) groups excluding carboxylic acids is 2. The van der Waals surface area contributed by atoms with Gasteiger partial charge in [-0.2, -0.15) is 0 Å². The number of likely N-dealkylation sites (tertiary alicyclic amines) is 1. The van der Waals surface area contributed by atoms with Gasteiger partial charge in [0.15, 0.2) is 0 Å². The van der Waals surface area contributed by atoms with Crippen molar-refractivity contribution in [2.45, 2.75) is 58.3 Å². The maximum atomic E-state index is 12.7. The van der Waals surface area contributed by atoms with Crippen LogP contribution in [-0.2, 0) is 27.4 Å². The van der Waals surface area contributed by atoms with Gasteiger partial charge in [0.25, 0.3) is 0 Å². The molecule has 0 spiro atoms. The highest BCUT2D eigenvalue weighted by Gasteiger charge is 2.36. The molecular formula is C20H27ClN2O4. The third kappa shape index (κ3) is 4.38. The Bertz CT molecular complexity index is 744. The van der Waals surface area contributed by atoms with E-state index in [-0.39, 0.29) is 24.6 Å². The number of nitrogens with zero attached hydrogens (tertiary/aromatic N) is 2. The lowest BCUT2D eigenvalue weighted by molar-refractivity contribution is -0.135. The summed E-state index contributed by atoms with van der Waals surface area (Å²) in [5, 5.41) is 0.626. The summed E-state index contributed by atoms with van der Waals surface area (Å²) in [6.45, 7) is 7.36. The Kier molecular flexibility index (Phi) is 5.68. The molecule has 27 heavy (non-hydrogen) atoms. The topological polar surface area (TPSA) is 59.1 Å². The summed E-state index contributed by atoms with van der Waals surface area (Å²) >= 11 is 6.37. The van der Waals surface area contributed by atoms with E-state index in [0.29, 0.717) is 24.7 Å². The molecule has 0 N–H and O–H groups in total. The average Bonchev–Trinajstić information content (AvgIpc) is 3.19. The van der Waals surface area contributed by atoms with Gasteiger partial charge < -0.3 is 19.3 Å². The number of methoxy groups -OCH3 is 1. The van der Waals surface area contributed by atoms with Crippen molar-refractivity contribution in [1.82, 2.24) is 9.80 Å². The fraction of sp³-hybridized carbons (Fsp3) is 0.600. The largest absolute Gasteiger partial charge is 0.444 e. The minimum atomic E-state index is -0.538. The van der Waals surface area contributed by atoms with Crippen molar-refractivity contribution in [3.63, 3.8) is 0 Å². The number of halogens is 1. The zero-order chi connectivity index (χ0) is 19.8. The van der Waals surface area contributed by atoms with Crippen LogP contribution in [0.5, 0.6) is 0 Å². The second-order valence-corrected chi connectivity index (χ2v) is 8.58. The van der Waals surface area contributed by atoms with Crippen LogP contribution in [0.15, 0.2) is 12.1 Å². The van der Waals surface area contributed by atoms with E-state index in [0.717, 1.165) is 29.5 Å². The van der Waals surface area contributed by atoms with Crippen molar-refractivity contribution in [1.29, 1.82) is 0 Å². The first-order chi connectivity index (χ1) is 12.7. The van der Waals surface area contributed by atoms with E-state index in [9.17, 15) is 9.59 Å². The minimum absolute atomic E-state index is 0.0498. The van der Waals surface area contributed by atoms with E-state index in [1.165, 1.54) is 7.11 Å². The Morgan fingerprint density at radius 3 is 2.67 bits per heavy atom. The molecule has 1 aromatic rings. The predicted molar refractivity (Wildman–Crippen MR) is 102 cm³/mol. The lowest BCUT2D eigenvalue weighted by Crippen LogP contribution is -2.36. The molecule has 0 bridgehead atoms. The van der Waals surface area contributed by atoms with E-state index in [2.05, 4.69) is 0 Å². The van der Waals surface area contributed by atoms with Crippen molar-refractivity contribution in [3.05, 3.63) is 33.8 Å². The Balaban J connectivity index is 1.88. The van der Waals surface area contributed by atoms with Crippen LogP contribution in [0.2, 0.25) is 5.02 Å². The van der Waals surface area contributed by atoms with E-state index >= 15 is 0 Å². The first-order valence-corrected chi connectivity index (χ1v) is 9.65. The third-order valence-corrected chi connectivity index (χ3v) is 5.13. The smallest absolute Gasteiger partial charge is 0.410 e. The summed E-state index contributed by atoms with van der Waals surface area (Å²) in [6, 6.07) is 3.76. The van der Waals surface area contributed by atoms with Crippen LogP contribution in [0.3, 0.4) is 0 Å². The number of rotatable bonds is 3. The van der Waals surface area contributed by atoms with E-state index < -0.39 is 5.60 Å². The highest BCUT2D eigenvalue weighted by atomic mass is 35.5. The van der Waals surface area contributed by atoms with Gasteiger partial charge in [-0.25, -0.2) is 4.79 Å². The summed E-state index contributed by atoms with van der Waals surface area (Å²) in [7, 11) is 1.51. The molecule has 1 saturated heterocycles. The maximum Gasteiger partial charge on any atom is 0.410 e. The molecule has 1 unspecified atom stereocenters. The fourth-order valence-electron chi connectivity index (χ4n) is 3.82. The average molecular weight is 395 g/mol. The van der Waals surface area contributed by atoms with Gasteiger partial charge in [0.2, 0.25) is 5.91 Å². The molecule has 3 rings (SSSR count). The zero-order valence-electron chi connectivity index (χ0n) is 16.4. The van der Waals surface area contributed by atoms with Crippen molar-refractivity contribution >= 4 is 23.6 Å². The van der Waals surface area contributed by atoms with Crippen LogP contribution >= 0.6 is 11.6 Å². The molecule has 2 aliphatic rings. The molecule has 6 nitrogen and oxygen atoms in total. The number of amides is 2. The number of hydrogen-bond donors (Lipinski definition) is 0. The fourth-order valence-corrected chi connectivity index (χ4v) is 4.07. The molecule has 2 amide bonds. The molecule has 0 aromatic heterocycles. The zero-order valence-corrected chi connectivity index (χ0v) is 17.1. The monoisotopic (exact) mass is 394 g/mol. The highest BCUT2D eigenvalue weighted by molar-refractivity contribution is 6.30. The summed E-state index contributed by atoms with van der Waals surface area (Å²) in [6.07, 6.45) is 1.47. The van der Waals surface area contributed by atoms with Crippen LogP contribution in [0.4, 0.5) is 4.79 Å². The van der Waals surface area contributed by atoms with Crippen LogP contribution in [0, 0.1) is 0 Å². The standard InChI is InChI=1S/C20H27ClN2O4/c1-20(2,3)27-19(25)23-7-5-6-17(23)15-9-14(21)8-13-10-22(11-16(13)15)18(24)12-26-4/h8-9,17H,5-7,10-12H2,1-4H3. The lowest BCUT2D eigenvalue weighted by atomic mass is 9.96. The van der Waals surface area contributed by atoms with Gasteiger partial charge in [-0.05, 0) is 62.4 Å². The van der Waals surface area contributed by atoms with Crippen molar-refractivity contribution in [3.8, 4) is 0 Å². The second-order valence-electron chi connectivity index (χ2n) is 8.15. The van der Waals surface area contributed by atoms with Crippen molar-refractivity contribution in [2.24, 2.45) is 0 Å². The Labute approximate surface area is 165 Å². The van der Waals surface area contributed by atoms with Gasteiger partial charge in [-0.15, -0.1) is 0 Å². The quantitative estimate of drug-likeness (QED) is 0.780. The van der Waals surface area contributed by atoms with Crippen molar-refractivity contribution < 1.29 is 19.1 Å². The summed E-state index contributed by atoms with van der Waals surface area (Å²) < 4.78 is 10.6. The van der Waals surface area contributed by atoms with E-state index in [4.69, 9.17) is 21.1 Å². The molecule has 1 fully saturated rings. The SMILES string of the molecule is COCC(=O)N1Cc2cc(Cl)cc(C3CCCN3C(=O)OC(C)(C)C)c2C1. The van der Waals surface area contributed by atoms with Gasteiger partial charge in [0.1, 0.15) is 12.2 Å². The second kappa shape index (κ2) is 7.68. The first kappa shape index (κ1) is 20.0. The van der Waals surface area contributed by atoms with Gasteiger partial charge >= 0.3 is 6.09 Å². The third-order valence-electron chi connectivity index (χ3n) is 4.91. The van der Waals surface area contributed by atoms with Crippen molar-refractivity contribution in [2.75, 3.05) is 20.3 Å². The molecule has 2 heterocycles. The molecule has 7 heteroatoms. The summed E-state index contributed by atoms with van der Waals surface area (Å²) in [4.78, 5) is 28.5. The highest BCUT2D eigenvalue weighted by Crippen LogP contribution is 2.40. The molecule has 148 valence electrons. The Morgan fingerprint density at radius 2 is 2.00 bits per heavy atom. The number of hydrogen-bond acceptors (Lipinski definition) is 4. The first-order valence-electron chi connectivity index (χ1n) is 9.27. The van der Waals surface area contributed by atoms with Gasteiger partial charge in [-0.1, -0.05) is 11.6 Å². The van der Waals surface area contributed by atoms with Crippen LogP contribution in [-0.4, -0.2) is 47.7 Å². The molecular weight excluding hydrogens is 368 g/mol. The molecule has 1 atom stereocenters. The number of fused-ring (bicyclic) bond motifs is 1. The molecule has 0 saturated carbocycles. The minimum Gasteiger partial charge on any atom is -0.444 e. The Morgan fingerprint density at radius 1 is 1.26 bits per heavy atom. The number of benzene rings is 1. The van der Waals surface area contributed by atoms with E-state index in [1.807, 2.05) is 32.9 Å². The summed E-state index contributed by atoms with van der Waals surface area (Å²) in [5.41, 5.74) is 2.61. The summed E-state index contributed by atoms with van der Waals surface area (Å²) in [5.74, 6) is -0.0498. The number of ether oxygens (including phenoxy) is 2. The predicted octanol–water partition coefficient (Wildman–Crippen LogP) is 3.90. The van der Waals surface area contributed by atoms with E-state index in [1.54, 1.807) is 9.80 Å². The Hall–Kier alpha value is -1.79. The molecule has 0 radical (unpaired) electrons. The van der Waals surface area contributed by atoms with Crippen LogP contribution < -0.4 is 0 Å². The van der Waals surface area contributed by atoms with Gasteiger partial charge in [-0.3, -0.25) is 4.79 Å². The normalized spacial score (nSPS) is 19.4.